The van der Waals surface area contributed by atoms with Crippen LogP contribution in [0.2, 0.25) is 0 Å². The van der Waals surface area contributed by atoms with Crippen molar-refractivity contribution in [3.8, 4) is 11.8 Å². The Labute approximate surface area is 223 Å². The van der Waals surface area contributed by atoms with E-state index >= 15 is 0 Å². The molecule has 3 aromatic rings. The Morgan fingerprint density at radius 2 is 1.68 bits per heavy atom. The van der Waals surface area contributed by atoms with E-state index < -0.39 is 0 Å². The van der Waals surface area contributed by atoms with Crippen LogP contribution in [0.25, 0.3) is 0 Å². The van der Waals surface area contributed by atoms with Crippen molar-refractivity contribution in [2.45, 2.75) is 52.0 Å². The maximum atomic E-state index is 9.35. The maximum absolute atomic E-state index is 9.35. The number of para-hydroxylation sites is 1. The van der Waals surface area contributed by atoms with Gasteiger partial charge in [-0.25, -0.2) is 0 Å². The van der Waals surface area contributed by atoms with E-state index in [4.69, 9.17) is 4.74 Å². The highest BCUT2D eigenvalue weighted by Crippen LogP contribution is 2.29. The summed E-state index contributed by atoms with van der Waals surface area (Å²) >= 11 is 0. The Balaban J connectivity index is 1.30. The minimum atomic E-state index is 0.432. The van der Waals surface area contributed by atoms with Gasteiger partial charge in [0.05, 0.1) is 11.6 Å². The molecule has 0 amide bonds. The van der Waals surface area contributed by atoms with Crippen molar-refractivity contribution < 1.29 is 4.74 Å². The normalized spacial score (nSPS) is 15.3. The molecule has 0 saturated carbocycles. The van der Waals surface area contributed by atoms with Gasteiger partial charge < -0.3 is 4.74 Å². The van der Waals surface area contributed by atoms with Crippen molar-refractivity contribution >= 4 is 0 Å². The van der Waals surface area contributed by atoms with Crippen LogP contribution in [0.1, 0.15) is 66.5 Å². The fraction of sp³-hybridized carbons (Fsp3) is 0.424. The highest BCUT2D eigenvalue weighted by Gasteiger charge is 2.25. The van der Waals surface area contributed by atoms with Gasteiger partial charge in [0, 0.05) is 45.2 Å². The Kier molecular flexibility index (Phi) is 10.2. The molecule has 1 unspecified atom stereocenters. The molecule has 0 aliphatic carbocycles. The van der Waals surface area contributed by atoms with Gasteiger partial charge in [-0.05, 0) is 47.7 Å². The van der Waals surface area contributed by atoms with Crippen LogP contribution >= 0.6 is 0 Å². The van der Waals surface area contributed by atoms with Gasteiger partial charge in [0.2, 0.25) is 0 Å². The average molecular weight is 496 g/mol. The van der Waals surface area contributed by atoms with E-state index in [2.05, 4.69) is 96.4 Å². The minimum absolute atomic E-state index is 0.432. The van der Waals surface area contributed by atoms with Crippen molar-refractivity contribution in [2.75, 3.05) is 39.3 Å². The molecule has 0 N–H and O–H groups in total. The second-order valence-corrected chi connectivity index (χ2v) is 10.2. The van der Waals surface area contributed by atoms with Crippen LogP contribution in [0.15, 0.2) is 72.8 Å². The summed E-state index contributed by atoms with van der Waals surface area (Å²) in [4.78, 5) is 5.19. The summed E-state index contributed by atoms with van der Waals surface area (Å²) in [5.74, 6) is 0.997. The lowest BCUT2D eigenvalue weighted by Crippen LogP contribution is -2.48. The molecule has 3 aromatic carbocycles. The second kappa shape index (κ2) is 14.0. The van der Waals surface area contributed by atoms with E-state index in [0.29, 0.717) is 12.6 Å². The summed E-state index contributed by atoms with van der Waals surface area (Å²) in [6, 6.07) is 28.2. The monoisotopic (exact) mass is 495 g/mol. The first-order valence-electron chi connectivity index (χ1n) is 13.9. The lowest BCUT2D eigenvalue weighted by Gasteiger charge is -2.39. The molecule has 4 heteroatoms. The molecule has 4 rings (SSSR count). The van der Waals surface area contributed by atoms with Crippen molar-refractivity contribution in [1.82, 2.24) is 9.80 Å². The van der Waals surface area contributed by atoms with Crippen LogP contribution in [0.5, 0.6) is 5.75 Å². The average Bonchev–Trinajstić information content (AvgIpc) is 2.93. The molecule has 1 aliphatic rings. The summed E-state index contributed by atoms with van der Waals surface area (Å²) in [5, 5.41) is 9.35. The number of benzene rings is 3. The summed E-state index contributed by atoms with van der Waals surface area (Å²) in [6.45, 7) is 10.2. The third kappa shape index (κ3) is 7.68. The molecule has 1 saturated heterocycles. The third-order valence-electron chi connectivity index (χ3n) is 7.56. The fourth-order valence-electron chi connectivity index (χ4n) is 5.36. The SMILES string of the molecule is CCCCCC(c1ccc(C#N)c(C)c1)N1CCN(CCOc2ccccc2Cc2ccccc2)CC1. The predicted molar refractivity (Wildman–Crippen MR) is 152 cm³/mol. The minimum Gasteiger partial charge on any atom is -0.492 e. The first-order chi connectivity index (χ1) is 18.2. The van der Waals surface area contributed by atoms with Gasteiger partial charge in [0.15, 0.2) is 0 Å². The van der Waals surface area contributed by atoms with Gasteiger partial charge in [-0.3, -0.25) is 9.80 Å². The van der Waals surface area contributed by atoms with E-state index in [1.807, 2.05) is 6.07 Å². The van der Waals surface area contributed by atoms with Crippen LogP contribution in [-0.2, 0) is 6.42 Å². The van der Waals surface area contributed by atoms with E-state index in [1.54, 1.807) is 0 Å². The highest BCUT2D eigenvalue weighted by molar-refractivity contribution is 5.40. The van der Waals surface area contributed by atoms with Gasteiger partial charge in [-0.1, -0.05) is 86.8 Å². The molecule has 0 bridgehead atoms. The molecule has 1 aliphatic heterocycles. The smallest absolute Gasteiger partial charge is 0.122 e. The molecular weight excluding hydrogens is 454 g/mol. The number of piperazine rings is 1. The molecule has 194 valence electrons. The fourth-order valence-corrected chi connectivity index (χ4v) is 5.36. The van der Waals surface area contributed by atoms with Crippen LogP contribution < -0.4 is 4.74 Å². The lowest BCUT2D eigenvalue weighted by molar-refractivity contribution is 0.0816. The van der Waals surface area contributed by atoms with Gasteiger partial charge in [0.1, 0.15) is 12.4 Å². The largest absolute Gasteiger partial charge is 0.492 e. The maximum Gasteiger partial charge on any atom is 0.122 e. The van der Waals surface area contributed by atoms with Crippen LogP contribution in [-0.4, -0.2) is 49.1 Å². The zero-order valence-corrected chi connectivity index (χ0v) is 22.5. The highest BCUT2D eigenvalue weighted by atomic mass is 16.5. The molecule has 1 heterocycles. The number of hydrogen-bond donors (Lipinski definition) is 0. The molecule has 1 fully saturated rings. The Morgan fingerprint density at radius 3 is 2.41 bits per heavy atom. The first-order valence-corrected chi connectivity index (χ1v) is 13.9. The number of nitrogens with zero attached hydrogens (tertiary/aromatic N) is 3. The summed E-state index contributed by atoms with van der Waals surface area (Å²) in [5.41, 5.74) is 5.78. The van der Waals surface area contributed by atoms with Crippen molar-refractivity contribution in [2.24, 2.45) is 0 Å². The van der Waals surface area contributed by atoms with E-state index in [0.717, 1.165) is 56.0 Å². The number of nitriles is 1. The summed E-state index contributed by atoms with van der Waals surface area (Å²) < 4.78 is 6.27. The molecule has 0 aromatic heterocycles. The van der Waals surface area contributed by atoms with Crippen LogP contribution in [0.3, 0.4) is 0 Å². The molecular formula is C33H41N3O. The van der Waals surface area contributed by atoms with Gasteiger partial charge in [0.25, 0.3) is 0 Å². The van der Waals surface area contributed by atoms with E-state index in [9.17, 15) is 5.26 Å². The quantitative estimate of drug-likeness (QED) is 0.260. The summed E-state index contributed by atoms with van der Waals surface area (Å²) in [6.07, 6.45) is 5.83. The lowest BCUT2D eigenvalue weighted by atomic mass is 9.95. The second-order valence-electron chi connectivity index (χ2n) is 10.2. The Hall–Kier alpha value is -3.13. The van der Waals surface area contributed by atoms with Crippen LogP contribution in [0, 0.1) is 18.3 Å². The number of ether oxygens (including phenoxy) is 1. The van der Waals surface area contributed by atoms with Gasteiger partial charge in [-0.2, -0.15) is 5.26 Å². The standard InChI is InChI=1S/C33H41N3O/c1-3-4-6-14-32(29-16-17-31(26-34)27(2)24-29)36-20-18-35(19-21-36)22-23-37-33-15-10-9-13-30(33)25-28-11-7-5-8-12-28/h5,7-13,15-17,24,32H,3-4,6,14,18-23,25H2,1-2H3. The van der Waals surface area contributed by atoms with Crippen molar-refractivity contribution in [3.05, 3.63) is 101 Å². The number of aryl methyl sites for hydroxylation is 1. The number of unbranched alkanes of at least 4 members (excludes halogenated alkanes) is 2. The third-order valence-corrected chi connectivity index (χ3v) is 7.56. The molecule has 0 spiro atoms. The molecule has 1 atom stereocenters. The van der Waals surface area contributed by atoms with E-state index in [1.165, 1.54) is 42.4 Å². The van der Waals surface area contributed by atoms with Gasteiger partial charge >= 0.3 is 0 Å². The van der Waals surface area contributed by atoms with E-state index in [-0.39, 0.29) is 0 Å². The number of hydrogen-bond acceptors (Lipinski definition) is 4. The van der Waals surface area contributed by atoms with Crippen molar-refractivity contribution in [1.29, 1.82) is 5.26 Å². The topological polar surface area (TPSA) is 39.5 Å². The van der Waals surface area contributed by atoms with Gasteiger partial charge in [-0.15, -0.1) is 0 Å². The Bertz CT molecular complexity index is 1150. The summed E-state index contributed by atoms with van der Waals surface area (Å²) in [7, 11) is 0. The molecule has 37 heavy (non-hydrogen) atoms. The zero-order chi connectivity index (χ0) is 25.9. The zero-order valence-electron chi connectivity index (χ0n) is 22.5. The van der Waals surface area contributed by atoms with Crippen LogP contribution in [0.4, 0.5) is 0 Å². The molecule has 0 radical (unpaired) electrons. The van der Waals surface area contributed by atoms with Crippen molar-refractivity contribution in [3.63, 3.8) is 0 Å². The predicted octanol–water partition coefficient (Wildman–Crippen LogP) is 6.78. The first kappa shape index (κ1) is 26.9. The Morgan fingerprint density at radius 1 is 0.919 bits per heavy atom. The molecule has 4 nitrogen and oxygen atoms in total. The number of rotatable bonds is 12.